The summed E-state index contributed by atoms with van der Waals surface area (Å²) >= 11 is 0. The van der Waals surface area contributed by atoms with Crippen molar-refractivity contribution in [2.24, 2.45) is 0 Å². The number of nitrogens with one attached hydrogen (secondary N) is 1. The van der Waals surface area contributed by atoms with E-state index in [4.69, 9.17) is 4.74 Å². The minimum Gasteiger partial charge on any atom is -0.447 e. The lowest BCUT2D eigenvalue weighted by Gasteiger charge is -2.19. The molecule has 4 heteroatoms. The number of hydrogen-bond donors (Lipinski definition) is 2. The first-order valence-corrected chi connectivity index (χ1v) is 7.76. The summed E-state index contributed by atoms with van der Waals surface area (Å²) in [6.07, 6.45) is 2.86. The number of benzene rings is 1. The topological polar surface area (TPSA) is 58.6 Å². The van der Waals surface area contributed by atoms with E-state index >= 15 is 0 Å². The number of aliphatic hydroxyl groups is 1. The summed E-state index contributed by atoms with van der Waals surface area (Å²) in [4.78, 5) is 11.8. The average Bonchev–Trinajstić information content (AvgIpc) is 2.49. The fraction of sp³-hybridized carbons (Fsp3) is 0.588. The summed E-state index contributed by atoms with van der Waals surface area (Å²) in [5, 5.41) is 12.5. The fourth-order valence-electron chi connectivity index (χ4n) is 1.96. The van der Waals surface area contributed by atoms with E-state index in [0.717, 1.165) is 19.3 Å². The number of rotatable bonds is 10. The Hall–Kier alpha value is -1.39. The first-order chi connectivity index (χ1) is 10.1. The zero-order valence-corrected chi connectivity index (χ0v) is 13.0. The van der Waals surface area contributed by atoms with Crippen molar-refractivity contribution < 1.29 is 14.6 Å². The van der Waals surface area contributed by atoms with Crippen LogP contribution in [0.4, 0.5) is 0 Å². The molecular weight excluding hydrogens is 266 g/mol. The Kier molecular flexibility index (Phi) is 8.71. The van der Waals surface area contributed by atoms with Crippen LogP contribution in [0.15, 0.2) is 30.3 Å². The maximum Gasteiger partial charge on any atom is 0.307 e. The zero-order chi connectivity index (χ0) is 15.5. The molecule has 2 atom stereocenters. The molecule has 2 N–H and O–H groups in total. The molecule has 0 saturated heterocycles. The molecule has 0 aliphatic heterocycles. The van der Waals surface area contributed by atoms with Crippen LogP contribution in [-0.2, 0) is 16.1 Å². The SMILES string of the molecule is CCCCC(NCc1ccccc1)OC(=O)CCC(C)O. The van der Waals surface area contributed by atoms with E-state index in [-0.39, 0.29) is 18.6 Å². The monoisotopic (exact) mass is 293 g/mol. The lowest BCUT2D eigenvalue weighted by molar-refractivity contribution is -0.151. The van der Waals surface area contributed by atoms with Crippen molar-refractivity contribution >= 4 is 5.97 Å². The van der Waals surface area contributed by atoms with Crippen molar-refractivity contribution in [3.63, 3.8) is 0 Å². The van der Waals surface area contributed by atoms with Crippen LogP contribution in [0, 0.1) is 0 Å². The summed E-state index contributed by atoms with van der Waals surface area (Å²) in [5.74, 6) is -0.252. The molecule has 0 saturated carbocycles. The highest BCUT2D eigenvalue weighted by Crippen LogP contribution is 2.07. The molecule has 4 nitrogen and oxygen atoms in total. The van der Waals surface area contributed by atoms with Gasteiger partial charge in [-0.3, -0.25) is 10.1 Å². The molecular formula is C17H27NO3. The molecule has 118 valence electrons. The van der Waals surface area contributed by atoms with E-state index in [1.165, 1.54) is 5.56 Å². The number of carbonyl (C=O) groups excluding carboxylic acids is 1. The summed E-state index contributed by atoms with van der Waals surface area (Å²) in [6, 6.07) is 10.0. The largest absolute Gasteiger partial charge is 0.447 e. The van der Waals surface area contributed by atoms with Crippen molar-refractivity contribution in [2.45, 2.75) is 64.8 Å². The average molecular weight is 293 g/mol. The second-order valence-electron chi connectivity index (χ2n) is 5.37. The van der Waals surface area contributed by atoms with Gasteiger partial charge in [0, 0.05) is 13.0 Å². The maximum atomic E-state index is 11.8. The van der Waals surface area contributed by atoms with Crippen LogP contribution in [-0.4, -0.2) is 23.4 Å². The lowest BCUT2D eigenvalue weighted by atomic mass is 10.2. The van der Waals surface area contributed by atoms with Gasteiger partial charge >= 0.3 is 5.97 Å². The number of hydrogen-bond acceptors (Lipinski definition) is 4. The Morgan fingerprint density at radius 3 is 2.62 bits per heavy atom. The molecule has 21 heavy (non-hydrogen) atoms. The molecule has 0 bridgehead atoms. The zero-order valence-electron chi connectivity index (χ0n) is 13.0. The molecule has 0 radical (unpaired) electrons. The maximum absolute atomic E-state index is 11.8. The van der Waals surface area contributed by atoms with Crippen LogP contribution in [0.1, 0.15) is 51.5 Å². The summed E-state index contributed by atoms with van der Waals surface area (Å²) in [7, 11) is 0. The third-order valence-electron chi connectivity index (χ3n) is 3.24. The van der Waals surface area contributed by atoms with Crippen molar-refractivity contribution in [1.82, 2.24) is 5.32 Å². The summed E-state index contributed by atoms with van der Waals surface area (Å²) in [5.41, 5.74) is 1.17. The molecule has 0 aromatic heterocycles. The summed E-state index contributed by atoms with van der Waals surface area (Å²) < 4.78 is 5.46. The van der Waals surface area contributed by atoms with Crippen LogP contribution in [0.25, 0.3) is 0 Å². The van der Waals surface area contributed by atoms with Gasteiger partial charge in [-0.1, -0.05) is 43.7 Å². The van der Waals surface area contributed by atoms with E-state index in [0.29, 0.717) is 13.0 Å². The van der Waals surface area contributed by atoms with Gasteiger partial charge in [0.2, 0.25) is 0 Å². The predicted molar refractivity (Wildman–Crippen MR) is 83.6 cm³/mol. The van der Waals surface area contributed by atoms with Crippen molar-refractivity contribution in [3.05, 3.63) is 35.9 Å². The number of aliphatic hydroxyl groups excluding tert-OH is 1. The highest BCUT2D eigenvalue weighted by Gasteiger charge is 2.14. The van der Waals surface area contributed by atoms with Crippen LogP contribution < -0.4 is 5.32 Å². The molecule has 0 fully saturated rings. The quantitative estimate of drug-likeness (QED) is 0.514. The first kappa shape index (κ1) is 17.7. The molecule has 0 heterocycles. The van der Waals surface area contributed by atoms with Crippen LogP contribution >= 0.6 is 0 Å². The van der Waals surface area contributed by atoms with Crippen molar-refractivity contribution in [2.75, 3.05) is 0 Å². The smallest absolute Gasteiger partial charge is 0.307 e. The predicted octanol–water partition coefficient (Wildman–Crippen LogP) is 3.00. The number of esters is 1. The molecule has 0 aliphatic rings. The molecule has 1 aromatic carbocycles. The minimum atomic E-state index is -0.469. The Balaban J connectivity index is 2.41. The summed E-state index contributed by atoms with van der Waals surface area (Å²) in [6.45, 7) is 4.47. The number of unbranched alkanes of at least 4 members (excludes halogenated alkanes) is 1. The van der Waals surface area contributed by atoms with Gasteiger partial charge in [0.25, 0.3) is 0 Å². The third kappa shape index (κ3) is 8.48. The van der Waals surface area contributed by atoms with Gasteiger partial charge in [0.1, 0.15) is 0 Å². The van der Waals surface area contributed by atoms with Gasteiger partial charge in [0.15, 0.2) is 6.23 Å². The van der Waals surface area contributed by atoms with Gasteiger partial charge in [-0.15, -0.1) is 0 Å². The Morgan fingerprint density at radius 2 is 2.00 bits per heavy atom. The van der Waals surface area contributed by atoms with Gasteiger partial charge in [-0.25, -0.2) is 0 Å². The van der Waals surface area contributed by atoms with Gasteiger partial charge in [0.05, 0.1) is 6.10 Å². The second-order valence-corrected chi connectivity index (χ2v) is 5.37. The minimum absolute atomic E-state index is 0.252. The first-order valence-electron chi connectivity index (χ1n) is 7.76. The van der Waals surface area contributed by atoms with E-state index in [1.807, 2.05) is 30.3 Å². The van der Waals surface area contributed by atoms with Crippen LogP contribution in [0.5, 0.6) is 0 Å². The van der Waals surface area contributed by atoms with E-state index in [1.54, 1.807) is 6.92 Å². The van der Waals surface area contributed by atoms with Gasteiger partial charge in [-0.05, 0) is 31.7 Å². The van der Waals surface area contributed by atoms with E-state index in [9.17, 15) is 9.90 Å². The Labute approximate surface area is 127 Å². The fourth-order valence-corrected chi connectivity index (χ4v) is 1.96. The van der Waals surface area contributed by atoms with Gasteiger partial charge < -0.3 is 9.84 Å². The highest BCUT2D eigenvalue weighted by atomic mass is 16.6. The number of ether oxygens (including phenoxy) is 1. The number of carbonyl (C=O) groups is 1. The lowest BCUT2D eigenvalue weighted by Crippen LogP contribution is -2.33. The Bertz CT molecular complexity index is 392. The molecule has 2 unspecified atom stereocenters. The highest BCUT2D eigenvalue weighted by molar-refractivity contribution is 5.69. The van der Waals surface area contributed by atoms with E-state index in [2.05, 4.69) is 12.2 Å². The van der Waals surface area contributed by atoms with Gasteiger partial charge in [-0.2, -0.15) is 0 Å². The normalized spacial score (nSPS) is 13.7. The van der Waals surface area contributed by atoms with Crippen LogP contribution in [0.3, 0.4) is 0 Å². The standard InChI is InChI=1S/C17H27NO3/c1-3-4-10-16(21-17(20)12-11-14(2)19)18-13-15-8-6-5-7-9-15/h5-9,14,16,18-19H,3-4,10-13H2,1-2H3. The molecule has 1 aromatic rings. The van der Waals surface area contributed by atoms with Crippen molar-refractivity contribution in [1.29, 1.82) is 0 Å². The van der Waals surface area contributed by atoms with E-state index < -0.39 is 6.10 Å². The Morgan fingerprint density at radius 1 is 1.29 bits per heavy atom. The van der Waals surface area contributed by atoms with Crippen molar-refractivity contribution in [3.8, 4) is 0 Å². The molecule has 1 rings (SSSR count). The second kappa shape index (κ2) is 10.4. The molecule has 0 amide bonds. The third-order valence-corrected chi connectivity index (χ3v) is 3.24. The molecule has 0 aliphatic carbocycles. The van der Waals surface area contributed by atoms with Crippen LogP contribution in [0.2, 0.25) is 0 Å². The molecule has 0 spiro atoms.